The minimum Gasteiger partial charge on any atom is -0.456 e. The molecule has 4 aromatic heterocycles. The van der Waals surface area contributed by atoms with Gasteiger partial charge in [-0.3, -0.25) is 15.0 Å². The van der Waals surface area contributed by atoms with Gasteiger partial charge in [-0.05, 0) is 131 Å². The molecule has 0 saturated carbocycles. The van der Waals surface area contributed by atoms with Gasteiger partial charge in [-0.2, -0.15) is 42.0 Å². The zero-order valence-electron chi connectivity index (χ0n) is 42.1. The number of benzene rings is 7. The molecule has 4 nitrogen and oxygen atoms in total. The third-order valence-electron chi connectivity index (χ3n) is 13.6. The van der Waals surface area contributed by atoms with Crippen LogP contribution in [0.3, 0.4) is 0 Å². The fourth-order valence-corrected chi connectivity index (χ4v) is 9.73. The second-order valence-corrected chi connectivity index (χ2v) is 19.1. The number of para-hydroxylation sites is 1. The molecule has 0 saturated heterocycles. The van der Waals surface area contributed by atoms with Gasteiger partial charge in [0, 0.05) is 28.9 Å². The van der Waals surface area contributed by atoms with Gasteiger partial charge in [0.15, 0.2) is 0 Å². The number of aryl methyl sites for hydroxylation is 2. The molecule has 0 aliphatic rings. The molecule has 0 fully saturated rings. The van der Waals surface area contributed by atoms with Crippen LogP contribution in [0.25, 0.3) is 100 Å². The van der Waals surface area contributed by atoms with Gasteiger partial charge in [0.1, 0.15) is 11.2 Å². The molecule has 11 aromatic rings. The Hall–Kier alpha value is -7.56. The van der Waals surface area contributed by atoms with E-state index in [4.69, 9.17) is 14.4 Å². The Bertz CT molecular complexity index is 3590. The second-order valence-electron chi connectivity index (χ2n) is 19.1. The molecule has 354 valence electrons. The summed E-state index contributed by atoms with van der Waals surface area (Å²) in [5.74, 6) is 0.741. The van der Waals surface area contributed by atoms with Crippen molar-refractivity contribution in [2.45, 2.75) is 67.2 Å². The molecule has 0 atom stereocenters. The van der Waals surface area contributed by atoms with E-state index in [9.17, 15) is 0 Å². The SMILES string of the molecule is CC(C)c1cc(-c2ccccc2)cc(C(C)C)c1-c1cc(-c2[c-]cccc2)[c-]c(-c2ccccn2)c1.Cc1cnc(-c2nc(-c3[c-]cccc3)c(C)c(-c3ccc4c(c3)oc3ccccc34)c2C)cc1C.[Ir+3]. The van der Waals surface area contributed by atoms with Crippen molar-refractivity contribution < 1.29 is 24.5 Å². The van der Waals surface area contributed by atoms with Gasteiger partial charge in [0.25, 0.3) is 0 Å². The Labute approximate surface area is 438 Å². The van der Waals surface area contributed by atoms with E-state index in [1.807, 2.05) is 73.1 Å². The van der Waals surface area contributed by atoms with Crippen LogP contribution in [-0.4, -0.2) is 15.0 Å². The number of fused-ring (bicyclic) bond motifs is 3. The van der Waals surface area contributed by atoms with Crippen molar-refractivity contribution in [3.63, 3.8) is 0 Å². The average molecular weight is 1110 g/mol. The minimum atomic E-state index is 0. The van der Waals surface area contributed by atoms with E-state index in [0.717, 1.165) is 89.2 Å². The van der Waals surface area contributed by atoms with Crippen molar-refractivity contribution in [2.75, 3.05) is 0 Å². The van der Waals surface area contributed by atoms with Crippen LogP contribution in [0, 0.1) is 45.9 Å². The van der Waals surface area contributed by atoms with E-state index in [1.165, 1.54) is 44.5 Å². The number of pyridine rings is 3. The molecule has 0 aliphatic carbocycles. The largest absolute Gasteiger partial charge is 3.00 e. The monoisotopic (exact) mass is 1110 g/mol. The molecule has 7 aromatic carbocycles. The first-order chi connectivity index (χ1) is 34.5. The van der Waals surface area contributed by atoms with Crippen LogP contribution in [-0.2, 0) is 20.1 Å². The predicted octanol–water partition coefficient (Wildman–Crippen LogP) is 18.0. The van der Waals surface area contributed by atoms with E-state index in [2.05, 4.69) is 188 Å². The molecule has 0 aliphatic heterocycles. The van der Waals surface area contributed by atoms with Crippen LogP contribution in [0.5, 0.6) is 0 Å². The molecule has 0 N–H and O–H groups in total. The van der Waals surface area contributed by atoms with Gasteiger partial charge < -0.3 is 4.42 Å². The molecule has 0 radical (unpaired) electrons. The quantitative estimate of drug-likeness (QED) is 0.135. The Balaban J connectivity index is 0.000000175. The summed E-state index contributed by atoms with van der Waals surface area (Å²) in [4.78, 5) is 14.6. The fourth-order valence-electron chi connectivity index (χ4n) is 9.73. The van der Waals surface area contributed by atoms with Crippen molar-refractivity contribution in [2.24, 2.45) is 0 Å². The van der Waals surface area contributed by atoms with Crippen molar-refractivity contribution in [1.29, 1.82) is 0 Å². The summed E-state index contributed by atoms with van der Waals surface area (Å²) in [7, 11) is 0. The zero-order valence-corrected chi connectivity index (χ0v) is 44.5. The maximum absolute atomic E-state index is 6.22. The Morgan fingerprint density at radius 1 is 0.444 bits per heavy atom. The van der Waals surface area contributed by atoms with Gasteiger partial charge in [0.05, 0.1) is 11.4 Å². The average Bonchev–Trinajstić information content (AvgIpc) is 3.78. The van der Waals surface area contributed by atoms with Crippen LogP contribution in [0.4, 0.5) is 0 Å². The third-order valence-corrected chi connectivity index (χ3v) is 13.6. The van der Waals surface area contributed by atoms with Gasteiger partial charge >= 0.3 is 20.1 Å². The van der Waals surface area contributed by atoms with Crippen LogP contribution in [0.1, 0.15) is 72.9 Å². The van der Waals surface area contributed by atoms with Gasteiger partial charge in [0.2, 0.25) is 0 Å². The fraction of sp³-hybridized carbons (Fsp3) is 0.149. The van der Waals surface area contributed by atoms with Crippen molar-refractivity contribution >= 4 is 21.9 Å². The van der Waals surface area contributed by atoms with E-state index in [1.54, 1.807) is 0 Å². The number of hydrogen-bond donors (Lipinski definition) is 0. The van der Waals surface area contributed by atoms with Crippen molar-refractivity contribution in [1.82, 2.24) is 15.0 Å². The molecular weight excluding hydrogens is 1050 g/mol. The Morgan fingerprint density at radius 3 is 1.75 bits per heavy atom. The Morgan fingerprint density at radius 2 is 1.08 bits per heavy atom. The molecule has 0 spiro atoms. The number of nitrogens with zero attached hydrogens (tertiary/aromatic N) is 3. The first-order valence-electron chi connectivity index (χ1n) is 24.6. The van der Waals surface area contributed by atoms with Crippen LogP contribution < -0.4 is 0 Å². The standard InChI is InChI=1S/C35H31N.C32H25N2O.Ir/c1-24(2)32-22-29(27-15-9-6-10-16-27)23-33(25(3)4)35(32)31-20-28(26-13-7-5-8-14-26)19-30(21-31)34-17-11-12-18-36-34;1-19-16-27(33-18-20(19)2)32-22(4)30(21(3)31(34-32)23-10-6-5-7-11-23)24-14-15-26-25-12-8-9-13-28(25)35-29(26)17-24;/h5-13,15-18,20-25H,1-4H3;5-10,12-18H,1-4H3;/q-2;-1;+3. The van der Waals surface area contributed by atoms with Crippen molar-refractivity contribution in [3.8, 4) is 78.4 Å². The van der Waals surface area contributed by atoms with E-state index < -0.39 is 0 Å². The van der Waals surface area contributed by atoms with E-state index >= 15 is 0 Å². The minimum absolute atomic E-state index is 0. The molecule has 11 rings (SSSR count). The number of aromatic nitrogens is 3. The summed E-state index contributed by atoms with van der Waals surface area (Å²) >= 11 is 0. The molecule has 0 amide bonds. The van der Waals surface area contributed by atoms with Crippen LogP contribution >= 0.6 is 0 Å². The number of rotatable bonds is 9. The van der Waals surface area contributed by atoms with Gasteiger partial charge in [-0.1, -0.05) is 118 Å². The van der Waals surface area contributed by atoms with Crippen LogP contribution in [0.2, 0.25) is 0 Å². The number of furan rings is 1. The van der Waals surface area contributed by atoms with Gasteiger partial charge in [-0.25, -0.2) is 5.56 Å². The first kappa shape index (κ1) is 49.4. The maximum atomic E-state index is 6.22. The molecule has 0 unspecified atom stereocenters. The third kappa shape index (κ3) is 10.0. The molecule has 4 heterocycles. The summed E-state index contributed by atoms with van der Waals surface area (Å²) in [5.41, 5.74) is 24.1. The predicted molar refractivity (Wildman–Crippen MR) is 295 cm³/mol. The summed E-state index contributed by atoms with van der Waals surface area (Å²) < 4.78 is 6.22. The maximum Gasteiger partial charge on any atom is 3.00 e. The van der Waals surface area contributed by atoms with Gasteiger partial charge in [-0.15, -0.1) is 53.6 Å². The number of hydrogen-bond acceptors (Lipinski definition) is 4. The van der Waals surface area contributed by atoms with Crippen molar-refractivity contribution in [3.05, 3.63) is 234 Å². The van der Waals surface area contributed by atoms with E-state index in [0.29, 0.717) is 11.8 Å². The molecule has 5 heteroatoms. The normalized spacial score (nSPS) is 11.2. The second kappa shape index (κ2) is 21.4. The summed E-state index contributed by atoms with van der Waals surface area (Å²) in [6, 6.07) is 69.4. The summed E-state index contributed by atoms with van der Waals surface area (Å²) in [6.45, 7) is 17.6. The smallest absolute Gasteiger partial charge is 0.456 e. The molecule has 0 bridgehead atoms. The van der Waals surface area contributed by atoms with E-state index in [-0.39, 0.29) is 20.1 Å². The molecule has 72 heavy (non-hydrogen) atoms. The zero-order chi connectivity index (χ0) is 49.2. The summed E-state index contributed by atoms with van der Waals surface area (Å²) in [6.07, 6.45) is 3.78. The molecular formula is C67H56IrN3O. The Kier molecular flexibility index (Phi) is 14.7. The topological polar surface area (TPSA) is 51.8 Å². The summed E-state index contributed by atoms with van der Waals surface area (Å²) in [5, 5.41) is 2.26. The van der Waals surface area contributed by atoms with Crippen LogP contribution in [0.15, 0.2) is 187 Å². The first-order valence-corrected chi connectivity index (χ1v) is 24.6.